The van der Waals surface area contributed by atoms with Gasteiger partial charge in [0, 0.05) is 18.0 Å². The van der Waals surface area contributed by atoms with E-state index < -0.39 is 0 Å². The highest BCUT2D eigenvalue weighted by Crippen LogP contribution is 2.36. The van der Waals surface area contributed by atoms with E-state index >= 15 is 0 Å². The van der Waals surface area contributed by atoms with Crippen molar-refractivity contribution < 1.29 is 4.79 Å². The Morgan fingerprint density at radius 1 is 0.950 bits per heavy atom. The van der Waals surface area contributed by atoms with Crippen LogP contribution in [0.1, 0.15) is 65.7 Å². The van der Waals surface area contributed by atoms with Gasteiger partial charge in [-0.25, -0.2) is 0 Å². The second kappa shape index (κ2) is 6.17. The molecule has 1 aromatic heterocycles. The molecule has 0 bridgehead atoms. The van der Waals surface area contributed by atoms with E-state index in [9.17, 15) is 4.79 Å². The average molecular weight is 292 g/mol. The van der Waals surface area contributed by atoms with Crippen LogP contribution >= 0.6 is 11.3 Å². The highest BCUT2D eigenvalue weighted by Gasteiger charge is 2.27. The summed E-state index contributed by atoms with van der Waals surface area (Å²) in [6.07, 6.45) is 10.6. The summed E-state index contributed by atoms with van der Waals surface area (Å²) in [6, 6.07) is 0. The third-order valence-electron chi connectivity index (χ3n) is 4.56. The lowest BCUT2D eigenvalue weighted by molar-refractivity contribution is 0.0762. The molecule has 1 aromatic rings. The monoisotopic (exact) mass is 292 g/mol. The summed E-state index contributed by atoms with van der Waals surface area (Å²) in [5.41, 5.74) is 8.32. The SMILES string of the molecule is Nc1sc2c(c1C(=O)N1CCCCCC1)CCCCC2. The number of nitrogens with two attached hydrogens (primary N) is 1. The number of likely N-dealkylation sites (tertiary alicyclic amines) is 1. The normalized spacial score (nSPS) is 20.1. The molecule has 3 rings (SSSR count). The molecule has 4 heteroatoms. The van der Waals surface area contributed by atoms with E-state index in [1.165, 1.54) is 42.5 Å². The Morgan fingerprint density at radius 3 is 2.35 bits per heavy atom. The first-order valence-electron chi connectivity index (χ1n) is 7.96. The zero-order valence-electron chi connectivity index (χ0n) is 12.1. The van der Waals surface area contributed by atoms with Crippen LogP contribution < -0.4 is 5.73 Å². The van der Waals surface area contributed by atoms with Gasteiger partial charge in [-0.05, 0) is 44.1 Å². The van der Waals surface area contributed by atoms with Crippen molar-refractivity contribution in [3.8, 4) is 0 Å². The summed E-state index contributed by atoms with van der Waals surface area (Å²) in [4.78, 5) is 16.3. The van der Waals surface area contributed by atoms with Gasteiger partial charge >= 0.3 is 0 Å². The van der Waals surface area contributed by atoms with Gasteiger partial charge in [0.25, 0.3) is 5.91 Å². The number of hydrogen-bond acceptors (Lipinski definition) is 3. The first-order chi connectivity index (χ1) is 9.77. The number of anilines is 1. The lowest BCUT2D eigenvalue weighted by atomic mass is 10.0. The first-order valence-corrected chi connectivity index (χ1v) is 8.78. The highest BCUT2D eigenvalue weighted by atomic mass is 32.1. The molecule has 3 nitrogen and oxygen atoms in total. The summed E-state index contributed by atoms with van der Waals surface area (Å²) < 4.78 is 0. The van der Waals surface area contributed by atoms with Crippen LogP contribution in [-0.2, 0) is 12.8 Å². The van der Waals surface area contributed by atoms with Gasteiger partial charge in [0.2, 0.25) is 0 Å². The predicted octanol–water partition coefficient (Wildman–Crippen LogP) is 3.62. The van der Waals surface area contributed by atoms with Crippen molar-refractivity contribution in [3.63, 3.8) is 0 Å². The number of carbonyl (C=O) groups is 1. The zero-order chi connectivity index (χ0) is 13.9. The van der Waals surface area contributed by atoms with Crippen LogP contribution in [0.5, 0.6) is 0 Å². The number of fused-ring (bicyclic) bond motifs is 1. The standard InChI is InChI=1S/C16H24N2OS/c17-15-14(12-8-4-3-5-9-13(12)20-15)16(19)18-10-6-1-2-7-11-18/h1-11,17H2. The summed E-state index contributed by atoms with van der Waals surface area (Å²) >= 11 is 1.66. The maximum atomic E-state index is 12.9. The second-order valence-corrected chi connectivity index (χ2v) is 7.15. The van der Waals surface area contributed by atoms with Gasteiger partial charge in [-0.3, -0.25) is 4.79 Å². The molecule has 2 heterocycles. The van der Waals surface area contributed by atoms with Crippen molar-refractivity contribution in [2.24, 2.45) is 0 Å². The maximum absolute atomic E-state index is 12.9. The number of aryl methyl sites for hydroxylation is 1. The van der Waals surface area contributed by atoms with E-state index in [4.69, 9.17) is 5.73 Å². The molecule has 1 aliphatic heterocycles. The third-order valence-corrected chi connectivity index (χ3v) is 5.68. The second-order valence-electron chi connectivity index (χ2n) is 6.01. The van der Waals surface area contributed by atoms with Gasteiger partial charge in [0.1, 0.15) is 0 Å². The van der Waals surface area contributed by atoms with Crippen LogP contribution in [-0.4, -0.2) is 23.9 Å². The number of hydrogen-bond donors (Lipinski definition) is 1. The van der Waals surface area contributed by atoms with Crippen molar-refractivity contribution in [2.75, 3.05) is 18.8 Å². The van der Waals surface area contributed by atoms with Gasteiger partial charge in [-0.15, -0.1) is 11.3 Å². The van der Waals surface area contributed by atoms with Crippen LogP contribution in [0, 0.1) is 0 Å². The van der Waals surface area contributed by atoms with Crippen molar-refractivity contribution in [2.45, 2.75) is 57.8 Å². The van der Waals surface area contributed by atoms with Crippen LogP contribution in [0.3, 0.4) is 0 Å². The van der Waals surface area contributed by atoms with E-state index in [0.717, 1.165) is 49.3 Å². The Kier molecular flexibility index (Phi) is 4.29. The van der Waals surface area contributed by atoms with E-state index in [1.54, 1.807) is 11.3 Å². The number of nitrogens with zero attached hydrogens (tertiary/aromatic N) is 1. The molecule has 1 aliphatic carbocycles. The Bertz CT molecular complexity index is 487. The van der Waals surface area contributed by atoms with Gasteiger partial charge in [-0.1, -0.05) is 19.3 Å². The Balaban J connectivity index is 1.88. The molecule has 0 saturated carbocycles. The minimum atomic E-state index is 0.198. The van der Waals surface area contributed by atoms with Gasteiger partial charge in [0.05, 0.1) is 10.6 Å². The van der Waals surface area contributed by atoms with Gasteiger partial charge in [0.15, 0.2) is 0 Å². The van der Waals surface area contributed by atoms with E-state index in [1.807, 2.05) is 4.90 Å². The fraction of sp³-hybridized carbons (Fsp3) is 0.688. The number of amides is 1. The van der Waals surface area contributed by atoms with Crippen molar-refractivity contribution in [1.29, 1.82) is 0 Å². The topological polar surface area (TPSA) is 46.3 Å². The molecule has 0 aromatic carbocycles. The van der Waals surface area contributed by atoms with Crippen molar-refractivity contribution in [1.82, 2.24) is 4.90 Å². The van der Waals surface area contributed by atoms with Crippen LogP contribution in [0.25, 0.3) is 0 Å². The summed E-state index contributed by atoms with van der Waals surface area (Å²) in [6.45, 7) is 1.81. The number of rotatable bonds is 1. The molecule has 2 aliphatic rings. The van der Waals surface area contributed by atoms with Crippen LogP contribution in [0.4, 0.5) is 5.00 Å². The van der Waals surface area contributed by atoms with Crippen molar-refractivity contribution in [3.05, 3.63) is 16.0 Å². The molecule has 0 atom stereocenters. The summed E-state index contributed by atoms with van der Waals surface area (Å²) in [5, 5.41) is 0.756. The van der Waals surface area contributed by atoms with E-state index in [-0.39, 0.29) is 5.91 Å². The molecule has 0 spiro atoms. The fourth-order valence-electron chi connectivity index (χ4n) is 3.43. The Morgan fingerprint density at radius 2 is 1.60 bits per heavy atom. The molecule has 1 saturated heterocycles. The number of thiophene rings is 1. The lowest BCUT2D eigenvalue weighted by Crippen LogP contribution is -2.32. The quantitative estimate of drug-likeness (QED) is 0.804. The zero-order valence-corrected chi connectivity index (χ0v) is 12.9. The summed E-state index contributed by atoms with van der Waals surface area (Å²) in [7, 11) is 0. The molecule has 20 heavy (non-hydrogen) atoms. The van der Waals surface area contributed by atoms with Gasteiger partial charge in [-0.2, -0.15) is 0 Å². The number of carbonyl (C=O) groups excluding carboxylic acids is 1. The largest absolute Gasteiger partial charge is 0.390 e. The predicted molar refractivity (Wildman–Crippen MR) is 84.4 cm³/mol. The van der Waals surface area contributed by atoms with E-state index in [2.05, 4.69) is 0 Å². The number of nitrogen functional groups attached to an aromatic ring is 1. The fourth-order valence-corrected chi connectivity index (χ4v) is 4.58. The Hall–Kier alpha value is -1.03. The minimum absolute atomic E-state index is 0.198. The molecular weight excluding hydrogens is 268 g/mol. The molecule has 110 valence electrons. The smallest absolute Gasteiger partial charge is 0.257 e. The van der Waals surface area contributed by atoms with Crippen LogP contribution in [0.15, 0.2) is 0 Å². The molecule has 1 amide bonds. The highest BCUT2D eigenvalue weighted by molar-refractivity contribution is 7.16. The van der Waals surface area contributed by atoms with Crippen molar-refractivity contribution >= 4 is 22.2 Å². The molecule has 0 radical (unpaired) electrons. The third kappa shape index (κ3) is 2.71. The van der Waals surface area contributed by atoms with E-state index in [0.29, 0.717) is 0 Å². The Labute approximate surface area is 125 Å². The molecule has 2 N–H and O–H groups in total. The molecule has 0 unspecified atom stereocenters. The molecule has 1 fully saturated rings. The molecular formula is C16H24N2OS. The first kappa shape index (κ1) is 13.9. The van der Waals surface area contributed by atoms with Gasteiger partial charge < -0.3 is 10.6 Å². The van der Waals surface area contributed by atoms with Crippen LogP contribution in [0.2, 0.25) is 0 Å². The summed E-state index contributed by atoms with van der Waals surface area (Å²) in [5.74, 6) is 0.198. The minimum Gasteiger partial charge on any atom is -0.390 e. The maximum Gasteiger partial charge on any atom is 0.257 e. The lowest BCUT2D eigenvalue weighted by Gasteiger charge is -2.21. The average Bonchev–Trinajstić information content (AvgIpc) is 2.70.